The lowest BCUT2D eigenvalue weighted by Crippen LogP contribution is -2.60. The Morgan fingerprint density at radius 2 is 1.85 bits per heavy atom. The number of carbonyl (C=O) groups excluding carboxylic acids is 1. The number of hydrogen-bond acceptors (Lipinski definition) is 3. The Labute approximate surface area is 121 Å². The summed E-state index contributed by atoms with van der Waals surface area (Å²) in [5.74, 6) is -0.910. The molecule has 0 aromatic rings. The summed E-state index contributed by atoms with van der Waals surface area (Å²) in [5, 5.41) is 9.43. The van der Waals surface area contributed by atoms with E-state index in [-0.39, 0.29) is 6.03 Å². The minimum absolute atomic E-state index is 0.173. The van der Waals surface area contributed by atoms with Crippen molar-refractivity contribution in [2.45, 2.75) is 38.1 Å². The standard InChI is InChI=1S/C14H27N3O3/c1-14(12(18)19)8-5-6-11-17(14)13(20)16(4)10-7-9-15(2)3/h5-11H2,1-4H3,(H,18,19). The van der Waals surface area contributed by atoms with Crippen LogP contribution in [0.25, 0.3) is 0 Å². The van der Waals surface area contributed by atoms with Crippen LogP contribution in [-0.4, -0.2) is 78.1 Å². The SMILES string of the molecule is CN(C)CCCN(C)C(=O)N1CCCCC1(C)C(=O)O. The number of rotatable bonds is 5. The summed E-state index contributed by atoms with van der Waals surface area (Å²) >= 11 is 0. The van der Waals surface area contributed by atoms with Crippen molar-refractivity contribution in [2.24, 2.45) is 0 Å². The van der Waals surface area contributed by atoms with Crippen LogP contribution in [0.2, 0.25) is 0 Å². The summed E-state index contributed by atoms with van der Waals surface area (Å²) in [6.45, 7) is 3.73. The molecule has 1 saturated heterocycles. The van der Waals surface area contributed by atoms with Gasteiger partial charge in [0.25, 0.3) is 0 Å². The molecule has 0 aromatic heterocycles. The van der Waals surface area contributed by atoms with Crippen LogP contribution in [0.4, 0.5) is 4.79 Å². The fourth-order valence-corrected chi connectivity index (χ4v) is 2.58. The van der Waals surface area contributed by atoms with Gasteiger partial charge in [-0.1, -0.05) is 0 Å². The number of likely N-dealkylation sites (tertiary alicyclic amines) is 1. The van der Waals surface area contributed by atoms with Crippen LogP contribution in [0.5, 0.6) is 0 Å². The molecule has 0 radical (unpaired) electrons. The van der Waals surface area contributed by atoms with Crippen molar-refractivity contribution < 1.29 is 14.7 Å². The monoisotopic (exact) mass is 285 g/mol. The Morgan fingerprint density at radius 1 is 1.20 bits per heavy atom. The smallest absolute Gasteiger partial charge is 0.329 e. The molecular formula is C14H27N3O3. The lowest BCUT2D eigenvalue weighted by molar-refractivity contribution is -0.150. The second kappa shape index (κ2) is 6.92. The highest BCUT2D eigenvalue weighted by atomic mass is 16.4. The van der Waals surface area contributed by atoms with Crippen molar-refractivity contribution in [3.63, 3.8) is 0 Å². The molecule has 1 rings (SSSR count). The van der Waals surface area contributed by atoms with Crippen LogP contribution in [0.1, 0.15) is 32.6 Å². The van der Waals surface area contributed by atoms with E-state index in [1.165, 1.54) is 4.90 Å². The van der Waals surface area contributed by atoms with E-state index in [9.17, 15) is 14.7 Å². The van der Waals surface area contributed by atoms with Crippen LogP contribution >= 0.6 is 0 Å². The molecule has 0 bridgehead atoms. The van der Waals surface area contributed by atoms with Gasteiger partial charge in [-0.2, -0.15) is 0 Å². The molecule has 1 aliphatic heterocycles. The lowest BCUT2D eigenvalue weighted by atomic mass is 9.89. The summed E-state index contributed by atoms with van der Waals surface area (Å²) in [6, 6.07) is -0.173. The maximum atomic E-state index is 12.5. The van der Waals surface area contributed by atoms with Gasteiger partial charge in [-0.25, -0.2) is 9.59 Å². The van der Waals surface area contributed by atoms with Crippen molar-refractivity contribution in [1.82, 2.24) is 14.7 Å². The van der Waals surface area contributed by atoms with E-state index in [0.29, 0.717) is 19.5 Å². The van der Waals surface area contributed by atoms with Crippen molar-refractivity contribution in [3.8, 4) is 0 Å². The fraction of sp³-hybridized carbons (Fsp3) is 0.857. The zero-order chi connectivity index (χ0) is 15.3. The predicted molar refractivity (Wildman–Crippen MR) is 77.8 cm³/mol. The molecule has 1 N–H and O–H groups in total. The van der Waals surface area contributed by atoms with Crippen LogP contribution in [0, 0.1) is 0 Å². The number of carboxylic acids is 1. The van der Waals surface area contributed by atoms with Crippen molar-refractivity contribution in [1.29, 1.82) is 0 Å². The zero-order valence-corrected chi connectivity index (χ0v) is 13.1. The normalized spacial score (nSPS) is 22.9. The molecule has 1 heterocycles. The number of carboxylic acid groups (broad SMARTS) is 1. The van der Waals surface area contributed by atoms with Gasteiger partial charge in [-0.05, 0) is 53.2 Å². The molecule has 1 unspecified atom stereocenters. The highest BCUT2D eigenvalue weighted by Gasteiger charge is 2.44. The summed E-state index contributed by atoms with van der Waals surface area (Å²) < 4.78 is 0. The van der Waals surface area contributed by atoms with Gasteiger partial charge in [0.2, 0.25) is 0 Å². The first-order chi connectivity index (χ1) is 9.29. The third kappa shape index (κ3) is 3.85. The second-order valence-corrected chi connectivity index (χ2v) is 6.05. The Bertz CT molecular complexity index is 360. The van der Waals surface area contributed by atoms with E-state index < -0.39 is 11.5 Å². The predicted octanol–water partition coefficient (Wildman–Crippen LogP) is 1.32. The van der Waals surface area contributed by atoms with Crippen molar-refractivity contribution >= 4 is 12.0 Å². The maximum Gasteiger partial charge on any atom is 0.329 e. The summed E-state index contributed by atoms with van der Waals surface area (Å²) in [7, 11) is 5.73. The van der Waals surface area contributed by atoms with E-state index in [1.54, 1.807) is 18.9 Å². The number of aliphatic carboxylic acids is 1. The molecule has 6 nitrogen and oxygen atoms in total. The molecule has 2 amide bonds. The van der Waals surface area contributed by atoms with Gasteiger partial charge in [-0.3, -0.25) is 0 Å². The van der Waals surface area contributed by atoms with Crippen LogP contribution in [-0.2, 0) is 4.79 Å². The number of urea groups is 1. The Kier molecular flexibility index (Phi) is 5.80. The van der Waals surface area contributed by atoms with E-state index >= 15 is 0 Å². The first-order valence-electron chi connectivity index (χ1n) is 7.20. The summed E-state index contributed by atoms with van der Waals surface area (Å²) in [4.78, 5) is 29.2. The molecule has 20 heavy (non-hydrogen) atoms. The van der Waals surface area contributed by atoms with Gasteiger partial charge in [-0.15, -0.1) is 0 Å². The molecule has 0 aromatic carbocycles. The molecule has 0 spiro atoms. The quantitative estimate of drug-likeness (QED) is 0.827. The number of amides is 2. The van der Waals surface area contributed by atoms with E-state index in [4.69, 9.17) is 0 Å². The Balaban J connectivity index is 2.65. The van der Waals surface area contributed by atoms with Gasteiger partial charge < -0.3 is 19.8 Å². The van der Waals surface area contributed by atoms with Gasteiger partial charge in [0.15, 0.2) is 0 Å². The van der Waals surface area contributed by atoms with Crippen LogP contribution in [0.15, 0.2) is 0 Å². The number of piperidine rings is 1. The van der Waals surface area contributed by atoms with E-state index in [2.05, 4.69) is 4.90 Å². The molecule has 116 valence electrons. The Hall–Kier alpha value is -1.30. The average Bonchev–Trinajstić information content (AvgIpc) is 2.37. The molecule has 1 aliphatic rings. The first-order valence-corrected chi connectivity index (χ1v) is 7.20. The molecule has 0 saturated carbocycles. The molecule has 1 atom stereocenters. The molecular weight excluding hydrogens is 258 g/mol. The molecule has 6 heteroatoms. The highest BCUT2D eigenvalue weighted by Crippen LogP contribution is 2.29. The largest absolute Gasteiger partial charge is 0.480 e. The zero-order valence-electron chi connectivity index (χ0n) is 13.1. The number of nitrogens with zero attached hydrogens (tertiary/aromatic N) is 3. The van der Waals surface area contributed by atoms with Gasteiger partial charge in [0.1, 0.15) is 5.54 Å². The summed E-state index contributed by atoms with van der Waals surface area (Å²) in [6.07, 6.45) is 3.14. The average molecular weight is 285 g/mol. The van der Waals surface area contributed by atoms with E-state index in [0.717, 1.165) is 25.8 Å². The first kappa shape index (κ1) is 16.8. The lowest BCUT2D eigenvalue weighted by Gasteiger charge is -2.43. The number of hydrogen-bond donors (Lipinski definition) is 1. The summed E-state index contributed by atoms with van der Waals surface area (Å²) in [5.41, 5.74) is -1.06. The van der Waals surface area contributed by atoms with E-state index in [1.807, 2.05) is 14.1 Å². The van der Waals surface area contributed by atoms with Crippen LogP contribution < -0.4 is 0 Å². The van der Waals surface area contributed by atoms with Crippen LogP contribution in [0.3, 0.4) is 0 Å². The minimum Gasteiger partial charge on any atom is -0.480 e. The third-order valence-electron chi connectivity index (χ3n) is 4.01. The van der Waals surface area contributed by atoms with Gasteiger partial charge in [0.05, 0.1) is 0 Å². The van der Waals surface area contributed by atoms with Crippen molar-refractivity contribution in [2.75, 3.05) is 40.8 Å². The Morgan fingerprint density at radius 3 is 2.40 bits per heavy atom. The molecule has 0 aliphatic carbocycles. The highest BCUT2D eigenvalue weighted by molar-refractivity contribution is 5.86. The number of carbonyl (C=O) groups is 2. The van der Waals surface area contributed by atoms with Crippen molar-refractivity contribution in [3.05, 3.63) is 0 Å². The second-order valence-electron chi connectivity index (χ2n) is 6.05. The van der Waals surface area contributed by atoms with Gasteiger partial charge in [0, 0.05) is 20.1 Å². The van der Waals surface area contributed by atoms with Gasteiger partial charge >= 0.3 is 12.0 Å². The topological polar surface area (TPSA) is 64.1 Å². The third-order valence-corrected chi connectivity index (χ3v) is 4.01. The minimum atomic E-state index is -1.06. The fourth-order valence-electron chi connectivity index (χ4n) is 2.58. The molecule has 1 fully saturated rings. The maximum absolute atomic E-state index is 12.5.